The lowest BCUT2D eigenvalue weighted by atomic mass is 10.2. The fraction of sp³-hybridized carbons (Fsp3) is 0.111. The fourth-order valence-corrected chi connectivity index (χ4v) is 1.30. The van der Waals surface area contributed by atoms with E-state index >= 15 is 0 Å². The smallest absolute Gasteiger partial charge is 0.0930 e. The van der Waals surface area contributed by atoms with E-state index in [1.54, 1.807) is 0 Å². The largest absolute Gasteiger partial charge is 0.155 e. The average Bonchev–Trinajstić information content (AvgIpc) is 2.03. The standard InChI is InChI=1S/C9H7ClN2/c1-6-4-7-5-8(10)2-3-9(7)12-11-6/h2-5H,1H3. The van der Waals surface area contributed by atoms with Crippen LogP contribution in [0.4, 0.5) is 0 Å². The van der Waals surface area contributed by atoms with Gasteiger partial charge in [-0.2, -0.15) is 10.2 Å². The third-order valence-electron chi connectivity index (χ3n) is 1.67. The van der Waals surface area contributed by atoms with Crippen LogP contribution >= 0.6 is 11.6 Å². The van der Waals surface area contributed by atoms with Gasteiger partial charge >= 0.3 is 0 Å². The number of benzene rings is 1. The molecule has 2 aromatic rings. The van der Waals surface area contributed by atoms with Crippen LogP contribution in [0.25, 0.3) is 10.9 Å². The van der Waals surface area contributed by atoms with Crippen LogP contribution in [0.5, 0.6) is 0 Å². The summed E-state index contributed by atoms with van der Waals surface area (Å²) in [5.74, 6) is 0. The zero-order chi connectivity index (χ0) is 8.55. The number of hydrogen-bond acceptors (Lipinski definition) is 2. The van der Waals surface area contributed by atoms with Gasteiger partial charge in [0.2, 0.25) is 0 Å². The summed E-state index contributed by atoms with van der Waals surface area (Å²) in [7, 11) is 0. The Hall–Kier alpha value is -1.15. The molecule has 0 amide bonds. The lowest BCUT2D eigenvalue weighted by Gasteiger charge is -1.96. The van der Waals surface area contributed by atoms with Crippen LogP contribution in [0.15, 0.2) is 24.3 Å². The second-order valence-corrected chi connectivity index (χ2v) is 3.13. The summed E-state index contributed by atoms with van der Waals surface area (Å²) in [6, 6.07) is 7.53. The predicted octanol–water partition coefficient (Wildman–Crippen LogP) is 2.59. The van der Waals surface area contributed by atoms with E-state index < -0.39 is 0 Å². The number of halogens is 1. The Labute approximate surface area is 75.2 Å². The SMILES string of the molecule is Cc1cc2cc(Cl)ccc2nn1. The Morgan fingerprint density at radius 1 is 1.17 bits per heavy atom. The van der Waals surface area contributed by atoms with Crippen LogP contribution in [0.1, 0.15) is 5.69 Å². The van der Waals surface area contributed by atoms with Gasteiger partial charge in [0.15, 0.2) is 0 Å². The highest BCUT2D eigenvalue weighted by atomic mass is 35.5. The van der Waals surface area contributed by atoms with Crippen molar-refractivity contribution >= 4 is 22.5 Å². The minimum Gasteiger partial charge on any atom is -0.155 e. The second kappa shape index (κ2) is 2.72. The second-order valence-electron chi connectivity index (χ2n) is 2.69. The van der Waals surface area contributed by atoms with Gasteiger partial charge in [-0.05, 0) is 31.2 Å². The third kappa shape index (κ3) is 1.25. The van der Waals surface area contributed by atoms with Crippen molar-refractivity contribution in [2.24, 2.45) is 0 Å². The maximum absolute atomic E-state index is 5.82. The van der Waals surface area contributed by atoms with E-state index in [9.17, 15) is 0 Å². The summed E-state index contributed by atoms with van der Waals surface area (Å²) in [4.78, 5) is 0. The highest BCUT2D eigenvalue weighted by Gasteiger charge is 1.96. The van der Waals surface area contributed by atoms with E-state index in [2.05, 4.69) is 10.2 Å². The Morgan fingerprint density at radius 3 is 2.83 bits per heavy atom. The van der Waals surface area contributed by atoms with Crippen molar-refractivity contribution in [2.75, 3.05) is 0 Å². The molecule has 0 unspecified atom stereocenters. The van der Waals surface area contributed by atoms with Crippen LogP contribution in [0.3, 0.4) is 0 Å². The van der Waals surface area contributed by atoms with E-state index in [0.717, 1.165) is 21.6 Å². The van der Waals surface area contributed by atoms with Gasteiger partial charge in [0.25, 0.3) is 0 Å². The molecule has 0 radical (unpaired) electrons. The number of nitrogens with zero attached hydrogens (tertiary/aromatic N) is 2. The van der Waals surface area contributed by atoms with Crippen molar-refractivity contribution in [2.45, 2.75) is 6.92 Å². The summed E-state index contributed by atoms with van der Waals surface area (Å²) in [5.41, 5.74) is 1.79. The lowest BCUT2D eigenvalue weighted by molar-refractivity contribution is 1.02. The van der Waals surface area contributed by atoms with Crippen molar-refractivity contribution in [3.8, 4) is 0 Å². The van der Waals surface area contributed by atoms with Gasteiger partial charge in [-0.25, -0.2) is 0 Å². The fourth-order valence-electron chi connectivity index (χ4n) is 1.12. The molecule has 0 bridgehead atoms. The van der Waals surface area contributed by atoms with Crippen LogP contribution < -0.4 is 0 Å². The minimum absolute atomic E-state index is 0.731. The van der Waals surface area contributed by atoms with Crippen molar-refractivity contribution in [1.29, 1.82) is 0 Å². The summed E-state index contributed by atoms with van der Waals surface area (Å²) in [6.07, 6.45) is 0. The molecule has 0 N–H and O–H groups in total. The average molecular weight is 179 g/mol. The van der Waals surface area contributed by atoms with Gasteiger partial charge < -0.3 is 0 Å². The molecular weight excluding hydrogens is 172 g/mol. The number of rotatable bonds is 0. The van der Waals surface area contributed by atoms with Gasteiger partial charge in [-0.1, -0.05) is 11.6 Å². The third-order valence-corrected chi connectivity index (χ3v) is 1.90. The zero-order valence-corrected chi connectivity index (χ0v) is 7.34. The van der Waals surface area contributed by atoms with Crippen LogP contribution in [0, 0.1) is 6.92 Å². The summed E-state index contributed by atoms with van der Waals surface area (Å²) in [6.45, 7) is 1.91. The van der Waals surface area contributed by atoms with Crippen molar-refractivity contribution in [1.82, 2.24) is 10.2 Å². The molecule has 1 aromatic carbocycles. The van der Waals surface area contributed by atoms with E-state index in [-0.39, 0.29) is 0 Å². The van der Waals surface area contributed by atoms with Gasteiger partial charge in [0.05, 0.1) is 11.2 Å². The van der Waals surface area contributed by atoms with E-state index in [1.807, 2.05) is 31.2 Å². The first-order valence-corrected chi connectivity index (χ1v) is 4.03. The topological polar surface area (TPSA) is 25.8 Å². The summed E-state index contributed by atoms with van der Waals surface area (Å²) >= 11 is 5.82. The van der Waals surface area contributed by atoms with Gasteiger partial charge in [-0.15, -0.1) is 0 Å². The van der Waals surface area contributed by atoms with Gasteiger partial charge in [-0.3, -0.25) is 0 Å². The molecule has 1 aromatic heterocycles. The van der Waals surface area contributed by atoms with Crippen molar-refractivity contribution in [3.05, 3.63) is 35.0 Å². The highest BCUT2D eigenvalue weighted by Crippen LogP contribution is 2.16. The van der Waals surface area contributed by atoms with Crippen LogP contribution in [0.2, 0.25) is 5.02 Å². The quantitative estimate of drug-likeness (QED) is 0.620. The zero-order valence-electron chi connectivity index (χ0n) is 6.58. The Kier molecular flexibility index (Phi) is 1.70. The number of aryl methyl sites for hydroxylation is 1. The predicted molar refractivity (Wildman–Crippen MR) is 49.3 cm³/mol. The van der Waals surface area contributed by atoms with Gasteiger partial charge in [0.1, 0.15) is 0 Å². The lowest BCUT2D eigenvalue weighted by Crippen LogP contribution is -1.86. The molecule has 0 aliphatic heterocycles. The van der Waals surface area contributed by atoms with Crippen molar-refractivity contribution in [3.63, 3.8) is 0 Å². The number of fused-ring (bicyclic) bond motifs is 1. The first-order chi connectivity index (χ1) is 5.75. The molecular formula is C9H7ClN2. The molecule has 3 heteroatoms. The maximum Gasteiger partial charge on any atom is 0.0930 e. The normalized spacial score (nSPS) is 10.5. The minimum atomic E-state index is 0.731. The Morgan fingerprint density at radius 2 is 2.00 bits per heavy atom. The molecule has 0 saturated carbocycles. The van der Waals surface area contributed by atoms with Crippen LogP contribution in [-0.2, 0) is 0 Å². The maximum atomic E-state index is 5.82. The molecule has 60 valence electrons. The van der Waals surface area contributed by atoms with Gasteiger partial charge in [0, 0.05) is 10.4 Å². The van der Waals surface area contributed by atoms with Crippen molar-refractivity contribution < 1.29 is 0 Å². The molecule has 0 fully saturated rings. The number of hydrogen-bond donors (Lipinski definition) is 0. The molecule has 1 heterocycles. The molecule has 2 rings (SSSR count). The van der Waals surface area contributed by atoms with E-state index in [1.165, 1.54) is 0 Å². The first-order valence-electron chi connectivity index (χ1n) is 3.65. The Balaban J connectivity index is 2.80. The monoisotopic (exact) mass is 178 g/mol. The molecule has 0 saturated heterocycles. The molecule has 0 aliphatic rings. The first kappa shape index (κ1) is 7.50. The molecule has 2 nitrogen and oxygen atoms in total. The van der Waals surface area contributed by atoms with Crippen LogP contribution in [-0.4, -0.2) is 10.2 Å². The summed E-state index contributed by atoms with van der Waals surface area (Å²) < 4.78 is 0. The van der Waals surface area contributed by atoms with E-state index in [4.69, 9.17) is 11.6 Å². The van der Waals surface area contributed by atoms with E-state index in [0.29, 0.717) is 0 Å². The number of aromatic nitrogens is 2. The highest BCUT2D eigenvalue weighted by molar-refractivity contribution is 6.31. The molecule has 12 heavy (non-hydrogen) atoms. The molecule has 0 atom stereocenters. The Bertz CT molecular complexity index is 389. The summed E-state index contributed by atoms with van der Waals surface area (Å²) in [5, 5.41) is 9.73. The molecule has 0 spiro atoms. The molecule has 0 aliphatic carbocycles.